The zero-order valence-corrected chi connectivity index (χ0v) is 12.7. The van der Waals surface area contributed by atoms with Gasteiger partial charge < -0.3 is 9.84 Å². The average molecular weight is 310 g/mol. The Morgan fingerprint density at radius 1 is 1.29 bits per heavy atom. The van der Waals surface area contributed by atoms with E-state index in [0.29, 0.717) is 24.2 Å². The molecule has 0 aromatic heterocycles. The number of hydrogen-bond acceptors (Lipinski definition) is 3. The van der Waals surface area contributed by atoms with Crippen molar-refractivity contribution >= 4 is 17.6 Å². The van der Waals surface area contributed by atoms with E-state index in [1.165, 1.54) is 0 Å². The van der Waals surface area contributed by atoms with E-state index in [1.807, 2.05) is 24.3 Å². The minimum Gasteiger partial charge on any atom is -0.481 e. The average Bonchev–Trinajstić information content (AvgIpc) is 3.31. The topological polar surface area (TPSA) is 49.8 Å². The maximum atomic E-state index is 11.5. The van der Waals surface area contributed by atoms with E-state index in [9.17, 15) is 9.90 Å². The third-order valence-corrected chi connectivity index (χ3v) is 4.84. The molecule has 1 aromatic carbocycles. The van der Waals surface area contributed by atoms with Crippen LogP contribution in [0.1, 0.15) is 24.8 Å². The molecule has 1 heterocycles. The molecule has 1 atom stereocenters. The summed E-state index contributed by atoms with van der Waals surface area (Å²) in [6.45, 7) is 2.90. The maximum absolute atomic E-state index is 11.5. The molecule has 0 spiro atoms. The van der Waals surface area contributed by atoms with Crippen molar-refractivity contribution in [3.05, 3.63) is 34.9 Å². The fraction of sp³-hybridized carbons (Fsp3) is 0.562. The van der Waals surface area contributed by atoms with Crippen LogP contribution >= 0.6 is 11.6 Å². The third-order valence-electron chi connectivity index (χ3n) is 4.59. The summed E-state index contributed by atoms with van der Waals surface area (Å²) < 4.78 is 5.44. The number of hydrogen-bond donors (Lipinski definition) is 1. The van der Waals surface area contributed by atoms with E-state index in [1.54, 1.807) is 0 Å². The van der Waals surface area contributed by atoms with Crippen molar-refractivity contribution in [3.8, 4) is 0 Å². The largest absolute Gasteiger partial charge is 0.481 e. The van der Waals surface area contributed by atoms with Crippen LogP contribution in [0.25, 0.3) is 0 Å². The predicted molar refractivity (Wildman–Crippen MR) is 80.5 cm³/mol. The molecule has 1 aliphatic carbocycles. The van der Waals surface area contributed by atoms with E-state index in [4.69, 9.17) is 16.3 Å². The SMILES string of the molecule is O=C(O)CC(c1ccc(Cl)cc1)(C1CC1)N1CCOCC1. The smallest absolute Gasteiger partial charge is 0.305 e. The third kappa shape index (κ3) is 2.93. The summed E-state index contributed by atoms with van der Waals surface area (Å²) in [7, 11) is 0. The highest BCUT2D eigenvalue weighted by Gasteiger charge is 2.51. The van der Waals surface area contributed by atoms with Gasteiger partial charge >= 0.3 is 5.97 Å². The summed E-state index contributed by atoms with van der Waals surface area (Å²) >= 11 is 6.00. The van der Waals surface area contributed by atoms with E-state index >= 15 is 0 Å². The van der Waals surface area contributed by atoms with Gasteiger partial charge in [0.15, 0.2) is 0 Å². The second-order valence-corrected chi connectivity index (χ2v) is 6.31. The van der Waals surface area contributed by atoms with Gasteiger partial charge in [-0.25, -0.2) is 0 Å². The zero-order valence-electron chi connectivity index (χ0n) is 11.9. The minimum atomic E-state index is -0.747. The number of aliphatic carboxylic acids is 1. The molecule has 114 valence electrons. The maximum Gasteiger partial charge on any atom is 0.305 e. The molecule has 0 bridgehead atoms. The molecular formula is C16H20ClNO3. The molecule has 1 saturated carbocycles. The van der Waals surface area contributed by atoms with Crippen molar-refractivity contribution in [3.63, 3.8) is 0 Å². The summed E-state index contributed by atoms with van der Waals surface area (Å²) in [4.78, 5) is 13.9. The lowest BCUT2D eigenvalue weighted by molar-refractivity contribution is -0.143. The lowest BCUT2D eigenvalue weighted by Gasteiger charge is -2.46. The normalized spacial score (nSPS) is 22.7. The van der Waals surface area contributed by atoms with Crippen molar-refractivity contribution in [2.45, 2.75) is 24.8 Å². The van der Waals surface area contributed by atoms with Crippen molar-refractivity contribution in [2.24, 2.45) is 5.92 Å². The Labute approximate surface area is 129 Å². The summed E-state index contributed by atoms with van der Waals surface area (Å²) in [6.07, 6.45) is 2.32. The van der Waals surface area contributed by atoms with Gasteiger partial charge in [-0.1, -0.05) is 23.7 Å². The van der Waals surface area contributed by atoms with Gasteiger partial charge in [-0.3, -0.25) is 9.69 Å². The highest BCUT2D eigenvalue weighted by atomic mass is 35.5. The number of nitrogens with zero attached hydrogens (tertiary/aromatic N) is 1. The van der Waals surface area contributed by atoms with Gasteiger partial charge in [0, 0.05) is 18.1 Å². The number of carboxylic acid groups (broad SMARTS) is 1. The van der Waals surface area contributed by atoms with Crippen LogP contribution < -0.4 is 0 Å². The molecule has 1 aromatic rings. The molecule has 1 aliphatic heterocycles. The predicted octanol–water partition coefficient (Wildman–Crippen LogP) is 2.75. The number of halogens is 1. The molecule has 3 rings (SSSR count). The van der Waals surface area contributed by atoms with E-state index in [-0.39, 0.29) is 6.42 Å². The first-order valence-corrected chi connectivity index (χ1v) is 7.81. The van der Waals surface area contributed by atoms with Crippen LogP contribution in [0, 0.1) is 5.92 Å². The highest BCUT2D eigenvalue weighted by Crippen LogP contribution is 2.52. The molecule has 2 aliphatic rings. The molecular weight excluding hydrogens is 290 g/mol. The van der Waals surface area contributed by atoms with Crippen molar-refractivity contribution in [2.75, 3.05) is 26.3 Å². The molecule has 2 fully saturated rings. The quantitative estimate of drug-likeness (QED) is 0.908. The van der Waals surface area contributed by atoms with Gasteiger partial charge in [-0.2, -0.15) is 0 Å². The van der Waals surface area contributed by atoms with Crippen LogP contribution in [0.5, 0.6) is 0 Å². The number of morpholine rings is 1. The number of benzene rings is 1. The lowest BCUT2D eigenvalue weighted by Crippen LogP contribution is -2.53. The Morgan fingerprint density at radius 2 is 1.90 bits per heavy atom. The second-order valence-electron chi connectivity index (χ2n) is 5.88. The molecule has 5 heteroatoms. The Kier molecular flexibility index (Phi) is 4.20. The van der Waals surface area contributed by atoms with Gasteiger partial charge in [0.2, 0.25) is 0 Å². The van der Waals surface area contributed by atoms with Crippen LogP contribution in [0.2, 0.25) is 5.02 Å². The van der Waals surface area contributed by atoms with Crippen LogP contribution in [0.4, 0.5) is 0 Å². The van der Waals surface area contributed by atoms with Crippen LogP contribution in [-0.2, 0) is 15.1 Å². The molecule has 0 amide bonds. The van der Waals surface area contributed by atoms with E-state index < -0.39 is 11.5 Å². The number of rotatable bonds is 5. The molecule has 21 heavy (non-hydrogen) atoms. The fourth-order valence-electron chi connectivity index (χ4n) is 3.53. The van der Waals surface area contributed by atoms with Gasteiger partial charge in [0.25, 0.3) is 0 Å². The molecule has 1 unspecified atom stereocenters. The molecule has 0 radical (unpaired) electrons. The second kappa shape index (κ2) is 5.95. The zero-order chi connectivity index (χ0) is 14.9. The van der Waals surface area contributed by atoms with Crippen LogP contribution in [0.15, 0.2) is 24.3 Å². The summed E-state index contributed by atoms with van der Waals surface area (Å²) in [5.41, 5.74) is 0.652. The van der Waals surface area contributed by atoms with Crippen LogP contribution in [0.3, 0.4) is 0 Å². The summed E-state index contributed by atoms with van der Waals surface area (Å²) in [5.74, 6) is -0.337. The van der Waals surface area contributed by atoms with Crippen molar-refractivity contribution in [1.29, 1.82) is 0 Å². The molecule has 4 nitrogen and oxygen atoms in total. The van der Waals surface area contributed by atoms with Gasteiger partial charge in [0.05, 0.1) is 25.2 Å². The molecule has 1 N–H and O–H groups in total. The van der Waals surface area contributed by atoms with Crippen LogP contribution in [-0.4, -0.2) is 42.3 Å². The Morgan fingerprint density at radius 3 is 2.43 bits per heavy atom. The fourth-order valence-corrected chi connectivity index (χ4v) is 3.65. The Hall–Kier alpha value is -1.10. The Balaban J connectivity index is 2.02. The number of carbonyl (C=O) groups is 1. The first kappa shape index (κ1) is 14.8. The van der Waals surface area contributed by atoms with Gasteiger partial charge in [0.1, 0.15) is 0 Å². The highest BCUT2D eigenvalue weighted by molar-refractivity contribution is 6.30. The van der Waals surface area contributed by atoms with E-state index in [2.05, 4.69) is 4.90 Å². The number of carboxylic acids is 1. The van der Waals surface area contributed by atoms with E-state index in [0.717, 1.165) is 31.5 Å². The summed E-state index contributed by atoms with van der Waals surface area (Å²) in [6, 6.07) is 7.69. The van der Waals surface area contributed by atoms with Crippen molar-refractivity contribution < 1.29 is 14.6 Å². The minimum absolute atomic E-state index is 0.138. The van der Waals surface area contributed by atoms with Gasteiger partial charge in [-0.05, 0) is 36.5 Å². The Bertz CT molecular complexity index is 509. The van der Waals surface area contributed by atoms with Gasteiger partial charge in [-0.15, -0.1) is 0 Å². The first-order chi connectivity index (χ1) is 10.1. The first-order valence-electron chi connectivity index (χ1n) is 7.43. The standard InChI is InChI=1S/C16H20ClNO3/c17-14-5-3-13(4-6-14)16(11-15(19)20,12-1-2-12)18-7-9-21-10-8-18/h3-6,12H,1-2,7-11H2,(H,19,20). The monoisotopic (exact) mass is 309 g/mol. The lowest BCUT2D eigenvalue weighted by atomic mass is 9.79. The summed E-state index contributed by atoms with van der Waals surface area (Å²) in [5, 5.41) is 10.2. The van der Waals surface area contributed by atoms with Crippen molar-refractivity contribution in [1.82, 2.24) is 4.90 Å². The molecule has 1 saturated heterocycles. The number of ether oxygens (including phenoxy) is 1.